The van der Waals surface area contributed by atoms with Gasteiger partial charge in [-0.05, 0) is 31.2 Å². The Kier molecular flexibility index (Phi) is 4.78. The number of halogens is 3. The number of rotatable bonds is 4. The third-order valence-electron chi connectivity index (χ3n) is 3.74. The molecular formula is C13H18F3N3S. The van der Waals surface area contributed by atoms with Gasteiger partial charge in [-0.1, -0.05) is 19.3 Å². The van der Waals surface area contributed by atoms with Gasteiger partial charge < -0.3 is 5.32 Å². The van der Waals surface area contributed by atoms with E-state index < -0.39 is 11.9 Å². The van der Waals surface area contributed by atoms with Crippen molar-refractivity contribution in [1.82, 2.24) is 10.2 Å². The van der Waals surface area contributed by atoms with E-state index in [-0.39, 0.29) is 4.75 Å². The second kappa shape index (κ2) is 6.20. The topological polar surface area (TPSA) is 37.8 Å². The lowest BCUT2D eigenvalue weighted by molar-refractivity contribution is -0.141. The number of aromatic nitrogens is 2. The monoisotopic (exact) mass is 305 g/mol. The summed E-state index contributed by atoms with van der Waals surface area (Å²) in [7, 11) is 0. The summed E-state index contributed by atoms with van der Waals surface area (Å²) in [6, 6.07) is 2.30. The highest BCUT2D eigenvalue weighted by Crippen LogP contribution is 2.38. The Morgan fingerprint density at radius 1 is 1.20 bits per heavy atom. The third-order valence-corrected chi connectivity index (χ3v) is 5.16. The Hall–Kier alpha value is -0.980. The van der Waals surface area contributed by atoms with Crippen LogP contribution in [0.5, 0.6) is 0 Å². The van der Waals surface area contributed by atoms with Gasteiger partial charge in [0.25, 0.3) is 0 Å². The molecule has 1 saturated carbocycles. The quantitative estimate of drug-likeness (QED) is 0.913. The van der Waals surface area contributed by atoms with E-state index in [1.54, 1.807) is 0 Å². The first-order valence-electron chi connectivity index (χ1n) is 6.65. The first-order chi connectivity index (χ1) is 9.45. The molecule has 0 aromatic carbocycles. The summed E-state index contributed by atoms with van der Waals surface area (Å²) >= 11 is 1.83. The van der Waals surface area contributed by atoms with Gasteiger partial charge in [0.1, 0.15) is 5.82 Å². The van der Waals surface area contributed by atoms with Crippen LogP contribution in [-0.4, -0.2) is 27.7 Å². The van der Waals surface area contributed by atoms with Crippen molar-refractivity contribution in [3.05, 3.63) is 17.8 Å². The zero-order chi connectivity index (χ0) is 14.6. The summed E-state index contributed by atoms with van der Waals surface area (Å²) in [4.78, 5) is 0. The van der Waals surface area contributed by atoms with E-state index in [1.165, 1.54) is 25.3 Å². The van der Waals surface area contributed by atoms with Crippen LogP contribution in [-0.2, 0) is 6.18 Å². The molecular weight excluding hydrogens is 287 g/mol. The second-order valence-corrected chi connectivity index (χ2v) is 6.38. The van der Waals surface area contributed by atoms with E-state index in [9.17, 15) is 13.2 Å². The summed E-state index contributed by atoms with van der Waals surface area (Å²) in [6.07, 6.45) is 3.61. The van der Waals surface area contributed by atoms with Crippen molar-refractivity contribution in [3.8, 4) is 0 Å². The maximum absolute atomic E-state index is 12.4. The fourth-order valence-corrected chi connectivity index (χ4v) is 3.39. The molecule has 0 saturated heterocycles. The molecule has 7 heteroatoms. The Morgan fingerprint density at radius 3 is 2.40 bits per heavy atom. The van der Waals surface area contributed by atoms with Gasteiger partial charge in [0.15, 0.2) is 5.69 Å². The molecule has 0 atom stereocenters. The van der Waals surface area contributed by atoms with Crippen LogP contribution in [0.15, 0.2) is 12.1 Å². The third kappa shape index (κ3) is 3.77. The Balaban J connectivity index is 1.96. The summed E-state index contributed by atoms with van der Waals surface area (Å²) in [5, 5.41) is 9.95. The van der Waals surface area contributed by atoms with Crippen LogP contribution in [0.3, 0.4) is 0 Å². The van der Waals surface area contributed by atoms with Gasteiger partial charge in [-0.3, -0.25) is 0 Å². The smallest absolute Gasteiger partial charge is 0.367 e. The van der Waals surface area contributed by atoms with Crippen molar-refractivity contribution in [2.45, 2.75) is 43.0 Å². The SMILES string of the molecule is CSC1(CNc2ccc(C(F)(F)F)nn2)CCCCC1. The van der Waals surface area contributed by atoms with Crippen LogP contribution >= 0.6 is 11.8 Å². The van der Waals surface area contributed by atoms with Gasteiger partial charge in [0.2, 0.25) is 0 Å². The maximum Gasteiger partial charge on any atom is 0.435 e. The molecule has 0 spiro atoms. The molecule has 0 amide bonds. The molecule has 1 aliphatic rings. The Labute approximate surface area is 120 Å². The fraction of sp³-hybridized carbons (Fsp3) is 0.692. The molecule has 1 heterocycles. The lowest BCUT2D eigenvalue weighted by Crippen LogP contribution is -2.35. The number of hydrogen-bond acceptors (Lipinski definition) is 4. The van der Waals surface area contributed by atoms with Crippen LogP contribution in [0.2, 0.25) is 0 Å². The minimum Gasteiger partial charge on any atom is -0.367 e. The number of nitrogens with one attached hydrogen (secondary N) is 1. The summed E-state index contributed by atoms with van der Waals surface area (Å²) in [5.41, 5.74) is -0.958. The largest absolute Gasteiger partial charge is 0.435 e. The van der Waals surface area contributed by atoms with Gasteiger partial charge in [-0.2, -0.15) is 24.9 Å². The standard InChI is InChI=1S/C13H18F3N3S/c1-20-12(7-3-2-4-8-12)9-17-11-6-5-10(18-19-11)13(14,15)16/h5-6H,2-4,7-9H2,1H3,(H,17,19). The molecule has 1 fully saturated rings. The van der Waals surface area contributed by atoms with E-state index in [4.69, 9.17) is 0 Å². The fourth-order valence-electron chi connectivity index (χ4n) is 2.48. The van der Waals surface area contributed by atoms with Gasteiger partial charge in [0, 0.05) is 11.3 Å². The molecule has 3 nitrogen and oxygen atoms in total. The normalized spacial score (nSPS) is 18.8. The van der Waals surface area contributed by atoms with E-state index in [2.05, 4.69) is 21.8 Å². The highest BCUT2D eigenvalue weighted by Gasteiger charge is 2.33. The van der Waals surface area contributed by atoms with Crippen molar-refractivity contribution >= 4 is 17.6 Å². The van der Waals surface area contributed by atoms with Crippen molar-refractivity contribution in [1.29, 1.82) is 0 Å². The molecule has 20 heavy (non-hydrogen) atoms. The molecule has 2 rings (SSSR count). The average molecular weight is 305 g/mol. The van der Waals surface area contributed by atoms with Crippen LogP contribution in [0.4, 0.5) is 19.0 Å². The number of nitrogens with zero attached hydrogens (tertiary/aromatic N) is 2. The van der Waals surface area contributed by atoms with E-state index in [1.807, 2.05) is 11.8 Å². The Morgan fingerprint density at radius 2 is 1.90 bits per heavy atom. The van der Waals surface area contributed by atoms with Crippen LogP contribution in [0, 0.1) is 0 Å². The molecule has 1 aliphatic carbocycles. The first-order valence-corrected chi connectivity index (χ1v) is 7.88. The molecule has 1 N–H and O–H groups in total. The lowest BCUT2D eigenvalue weighted by atomic mass is 9.88. The molecule has 1 aromatic rings. The summed E-state index contributed by atoms with van der Waals surface area (Å²) < 4.78 is 37.3. The average Bonchev–Trinajstić information content (AvgIpc) is 2.46. The summed E-state index contributed by atoms with van der Waals surface area (Å²) in [6.45, 7) is 0.716. The van der Waals surface area contributed by atoms with Crippen molar-refractivity contribution in [3.63, 3.8) is 0 Å². The molecule has 0 unspecified atom stereocenters. The number of hydrogen-bond donors (Lipinski definition) is 1. The van der Waals surface area contributed by atoms with Crippen LogP contribution in [0.25, 0.3) is 0 Å². The predicted molar refractivity (Wildman–Crippen MR) is 74.9 cm³/mol. The number of anilines is 1. The van der Waals surface area contributed by atoms with E-state index in [0.717, 1.165) is 18.9 Å². The van der Waals surface area contributed by atoms with Crippen LogP contribution < -0.4 is 5.32 Å². The maximum atomic E-state index is 12.4. The van der Waals surface area contributed by atoms with Gasteiger partial charge in [-0.25, -0.2) is 0 Å². The number of alkyl halides is 3. The minimum absolute atomic E-state index is 0.169. The first kappa shape index (κ1) is 15.4. The van der Waals surface area contributed by atoms with E-state index >= 15 is 0 Å². The number of thioether (sulfide) groups is 1. The highest BCUT2D eigenvalue weighted by atomic mass is 32.2. The molecule has 0 bridgehead atoms. The second-order valence-electron chi connectivity index (χ2n) is 5.10. The predicted octanol–water partition coefficient (Wildman–Crippen LogP) is 3.97. The summed E-state index contributed by atoms with van der Waals surface area (Å²) in [5.74, 6) is 0.400. The zero-order valence-electron chi connectivity index (χ0n) is 11.3. The molecule has 1 aromatic heterocycles. The zero-order valence-corrected chi connectivity index (χ0v) is 12.2. The van der Waals surface area contributed by atoms with Crippen molar-refractivity contribution < 1.29 is 13.2 Å². The highest BCUT2D eigenvalue weighted by molar-refractivity contribution is 8.00. The van der Waals surface area contributed by atoms with Gasteiger partial charge >= 0.3 is 6.18 Å². The molecule has 112 valence electrons. The minimum atomic E-state index is -4.44. The van der Waals surface area contributed by atoms with Crippen LogP contribution in [0.1, 0.15) is 37.8 Å². The van der Waals surface area contributed by atoms with Crippen molar-refractivity contribution in [2.75, 3.05) is 18.1 Å². The molecule has 0 aliphatic heterocycles. The van der Waals surface area contributed by atoms with Crippen molar-refractivity contribution in [2.24, 2.45) is 0 Å². The van der Waals surface area contributed by atoms with Gasteiger partial charge in [-0.15, -0.1) is 10.2 Å². The molecule has 0 radical (unpaired) electrons. The van der Waals surface area contributed by atoms with Gasteiger partial charge in [0.05, 0.1) is 0 Å². The lowest BCUT2D eigenvalue weighted by Gasteiger charge is -2.35. The Bertz CT molecular complexity index is 427. The van der Waals surface area contributed by atoms with E-state index in [0.29, 0.717) is 12.4 Å².